The molecule has 2 aromatic rings. The fourth-order valence-electron chi connectivity index (χ4n) is 6.31. The first-order valence-corrected chi connectivity index (χ1v) is 18.9. The first-order valence-electron chi connectivity index (χ1n) is 18.9. The lowest BCUT2D eigenvalue weighted by atomic mass is 9.87. The minimum Gasteiger partial charge on any atom is -0.255 e. The van der Waals surface area contributed by atoms with Gasteiger partial charge in [-0.05, 0) is 73.9 Å². The fourth-order valence-corrected chi connectivity index (χ4v) is 6.31. The first-order chi connectivity index (χ1) is 32.2. The molecule has 0 unspecified atom stereocenters. The number of aliphatic imine (C=N–C) groups is 2. The van der Waals surface area contributed by atoms with Crippen molar-refractivity contribution in [2.45, 2.75) is 149 Å². The van der Waals surface area contributed by atoms with E-state index in [0.29, 0.717) is 0 Å². The number of hydrogen-bond donors (Lipinski definition) is 0. The zero-order valence-electron chi connectivity index (χ0n) is 36.0. The summed E-state index contributed by atoms with van der Waals surface area (Å²) in [6, 6.07) is 2.99. The molecule has 2 nitrogen and oxygen atoms in total. The molecule has 2 rings (SSSR count). The van der Waals surface area contributed by atoms with Crippen LogP contribution in [0.15, 0.2) is 34.3 Å². The minimum absolute atomic E-state index is 0.167. The Morgan fingerprint density at radius 1 is 0.284 bits per heavy atom. The molecular weight excluding hydrogens is 1130 g/mol. The summed E-state index contributed by atoms with van der Waals surface area (Å²) in [6.07, 6.45) is -23.1. The predicted octanol–water partition coefficient (Wildman–Crippen LogP) is 16.9. The van der Waals surface area contributed by atoms with E-state index >= 15 is 0 Å². The van der Waals surface area contributed by atoms with E-state index in [9.17, 15) is 149 Å². The molecule has 0 atom stereocenters. The topological polar surface area (TPSA) is 24.7 Å². The van der Waals surface area contributed by atoms with Gasteiger partial charge in [-0.1, -0.05) is 24.3 Å². The summed E-state index contributed by atoms with van der Waals surface area (Å²) in [4.78, 5) is 7.73. The second kappa shape index (κ2) is 19.1. The molecule has 0 aromatic heterocycles. The number of nitrogens with zero attached hydrogens (tertiary/aromatic N) is 2. The quantitative estimate of drug-likeness (QED) is 0.0879. The van der Waals surface area contributed by atoms with Gasteiger partial charge in [0.25, 0.3) is 0 Å². The molecule has 0 spiro atoms. The van der Waals surface area contributed by atoms with E-state index in [1.54, 1.807) is 0 Å². The Balaban J connectivity index is 2.34. The van der Waals surface area contributed by atoms with Crippen LogP contribution in [-0.2, 0) is 12.8 Å². The van der Waals surface area contributed by atoms with Crippen LogP contribution in [0.5, 0.6) is 0 Å². The normalized spacial score (nSPS) is 15.8. The minimum atomic E-state index is -8.81. The summed E-state index contributed by atoms with van der Waals surface area (Å²) in [7, 11) is 0. The van der Waals surface area contributed by atoms with E-state index in [1.807, 2.05) is 0 Å². The Morgan fingerprint density at radius 3 is 0.649 bits per heavy atom. The molecular formula is C38H26F34N2. The molecule has 426 valence electrons. The molecule has 0 radical (unpaired) electrons. The standard InChI is InChI=1S/C38H26F34N2/c1-15-11-19(5-7-23(39,40)25(43,44)27(47,48)29(51,52)31(55,56)33(59,60)35(63,64)37(67,68)69)12-16(2)21(15)73-9-10-74-22-17(3)13-20(14-18(22)4)6-8-24(41,42)26(45,46)28(49,50)30(53,54)32(57,58)34(61,62)36(65,66)38(70,71)72/h9-14H,5-8H2,1-4H3/b73-9+,74-10+. The molecule has 36 heteroatoms. The van der Waals surface area contributed by atoms with Crippen LogP contribution in [0.3, 0.4) is 0 Å². The zero-order valence-corrected chi connectivity index (χ0v) is 36.0. The summed E-state index contributed by atoms with van der Waals surface area (Å²) < 4.78 is 463. The Morgan fingerprint density at radius 2 is 0.459 bits per heavy atom. The van der Waals surface area contributed by atoms with Gasteiger partial charge >= 0.3 is 95.3 Å². The summed E-state index contributed by atoms with van der Waals surface area (Å²) in [6.45, 7) is 4.25. The summed E-state index contributed by atoms with van der Waals surface area (Å²) in [5.74, 6) is -115. The average molecular weight is 1160 g/mol. The second-order valence-electron chi connectivity index (χ2n) is 16.0. The van der Waals surface area contributed by atoms with Gasteiger partial charge in [0.05, 0.1) is 11.4 Å². The number of aryl methyl sites for hydroxylation is 6. The van der Waals surface area contributed by atoms with Crippen LogP contribution < -0.4 is 0 Å². The number of halogens is 34. The number of alkyl halides is 34. The molecule has 0 heterocycles. The highest BCUT2D eigenvalue weighted by atomic mass is 19.4. The molecule has 2 aromatic carbocycles. The smallest absolute Gasteiger partial charge is 0.255 e. The molecule has 0 amide bonds. The van der Waals surface area contributed by atoms with Crippen LogP contribution in [0.1, 0.15) is 46.2 Å². The summed E-state index contributed by atoms with van der Waals surface area (Å²) >= 11 is 0. The van der Waals surface area contributed by atoms with Crippen molar-refractivity contribution >= 4 is 23.8 Å². The largest absolute Gasteiger partial charge is 0.460 e. The van der Waals surface area contributed by atoms with Crippen molar-refractivity contribution in [3.63, 3.8) is 0 Å². The highest BCUT2D eigenvalue weighted by molar-refractivity contribution is 6.17. The second-order valence-corrected chi connectivity index (χ2v) is 16.0. The van der Waals surface area contributed by atoms with E-state index in [1.165, 1.54) is 0 Å². The Labute approximate surface area is 389 Å². The summed E-state index contributed by atoms with van der Waals surface area (Å²) in [5.41, 5.74) is -2.28. The highest BCUT2D eigenvalue weighted by Crippen LogP contribution is 2.66. The van der Waals surface area contributed by atoms with Gasteiger partial charge in [0.1, 0.15) is 0 Å². The van der Waals surface area contributed by atoms with Crippen LogP contribution in [-0.4, -0.2) is 108 Å². The first kappa shape index (κ1) is 65.5. The van der Waals surface area contributed by atoms with Gasteiger partial charge in [-0.15, -0.1) is 0 Å². The van der Waals surface area contributed by atoms with Gasteiger partial charge in [-0.25, -0.2) is 0 Å². The Bertz CT molecular complexity index is 2190. The lowest BCUT2D eigenvalue weighted by Crippen LogP contribution is -2.74. The van der Waals surface area contributed by atoms with E-state index in [-0.39, 0.29) is 33.6 Å². The Hall–Kier alpha value is -4.60. The van der Waals surface area contributed by atoms with E-state index < -0.39 is 132 Å². The van der Waals surface area contributed by atoms with Crippen LogP contribution in [0.2, 0.25) is 0 Å². The van der Waals surface area contributed by atoms with Crippen LogP contribution in [0.25, 0.3) is 0 Å². The highest BCUT2D eigenvalue weighted by Gasteiger charge is 2.97. The monoisotopic (exact) mass is 1160 g/mol. The molecule has 74 heavy (non-hydrogen) atoms. The van der Waals surface area contributed by atoms with Gasteiger partial charge in [0, 0.05) is 25.3 Å². The lowest BCUT2D eigenvalue weighted by Gasteiger charge is -2.42. The molecule has 0 saturated heterocycles. The van der Waals surface area contributed by atoms with Crippen LogP contribution in [0.4, 0.5) is 161 Å². The average Bonchev–Trinajstić information content (AvgIpc) is 3.20. The zero-order chi connectivity index (χ0) is 59.1. The third-order valence-corrected chi connectivity index (χ3v) is 10.6. The summed E-state index contributed by atoms with van der Waals surface area (Å²) in [5, 5.41) is 0. The maximum atomic E-state index is 14.5. The van der Waals surface area contributed by atoms with Gasteiger partial charge < -0.3 is 0 Å². The number of benzene rings is 2. The Kier molecular flexibility index (Phi) is 16.9. The molecule has 0 aliphatic rings. The molecule has 0 fully saturated rings. The molecule has 0 aliphatic heterocycles. The van der Waals surface area contributed by atoms with Crippen molar-refractivity contribution in [3.05, 3.63) is 57.6 Å². The molecule has 0 saturated carbocycles. The molecule has 0 aliphatic carbocycles. The molecule has 0 N–H and O–H groups in total. The van der Waals surface area contributed by atoms with Crippen LogP contribution in [0, 0.1) is 27.7 Å². The maximum absolute atomic E-state index is 14.5. The third-order valence-electron chi connectivity index (χ3n) is 10.6. The van der Waals surface area contributed by atoms with Crippen molar-refractivity contribution in [1.82, 2.24) is 0 Å². The maximum Gasteiger partial charge on any atom is 0.460 e. The van der Waals surface area contributed by atoms with Crippen LogP contribution >= 0.6 is 0 Å². The van der Waals surface area contributed by atoms with Crippen molar-refractivity contribution in [3.8, 4) is 0 Å². The van der Waals surface area contributed by atoms with E-state index in [2.05, 4.69) is 9.98 Å². The number of rotatable bonds is 21. The predicted molar refractivity (Wildman–Crippen MR) is 186 cm³/mol. The van der Waals surface area contributed by atoms with Crippen molar-refractivity contribution in [1.29, 1.82) is 0 Å². The number of hydrogen-bond acceptors (Lipinski definition) is 2. The van der Waals surface area contributed by atoms with Crippen molar-refractivity contribution in [2.24, 2.45) is 9.98 Å². The van der Waals surface area contributed by atoms with E-state index in [0.717, 1.165) is 64.4 Å². The van der Waals surface area contributed by atoms with Gasteiger partial charge in [0.2, 0.25) is 0 Å². The SMILES string of the molecule is Cc1cc(CCC(F)(F)C(F)(F)C(F)(F)C(F)(F)C(F)(F)C(F)(F)C(F)(F)C(F)(F)F)cc(C)c1/N=C/C=N/c1c(C)cc(CCC(F)(F)C(F)(F)C(F)(F)C(F)(F)C(F)(F)C(F)(F)C(F)(F)C(F)(F)F)cc1C. The van der Waals surface area contributed by atoms with Crippen molar-refractivity contribution < 1.29 is 149 Å². The fraction of sp³-hybridized carbons (Fsp3) is 0.632. The molecule has 0 bridgehead atoms. The van der Waals surface area contributed by atoms with Gasteiger partial charge in [0.15, 0.2) is 0 Å². The van der Waals surface area contributed by atoms with Gasteiger partial charge in [-0.2, -0.15) is 149 Å². The van der Waals surface area contributed by atoms with Gasteiger partial charge in [-0.3, -0.25) is 9.98 Å². The van der Waals surface area contributed by atoms with E-state index in [4.69, 9.17) is 0 Å². The third kappa shape index (κ3) is 10.00. The van der Waals surface area contributed by atoms with Crippen molar-refractivity contribution in [2.75, 3.05) is 0 Å². The lowest BCUT2D eigenvalue weighted by molar-refractivity contribution is -0.461.